The van der Waals surface area contributed by atoms with Crippen LogP contribution in [0.3, 0.4) is 0 Å². The molecule has 0 atom stereocenters. The van der Waals surface area contributed by atoms with Gasteiger partial charge in [-0.1, -0.05) is 18.2 Å². The number of hydrogen-bond acceptors (Lipinski definition) is 3. The Labute approximate surface area is 172 Å². The molecule has 28 heavy (non-hydrogen) atoms. The third kappa shape index (κ3) is 3.37. The summed E-state index contributed by atoms with van der Waals surface area (Å²) in [6, 6.07) is 11.9. The molecule has 0 spiro atoms. The van der Waals surface area contributed by atoms with Crippen molar-refractivity contribution in [1.82, 2.24) is 9.88 Å². The van der Waals surface area contributed by atoms with Gasteiger partial charge in [-0.2, -0.15) is 0 Å². The van der Waals surface area contributed by atoms with E-state index < -0.39 is 0 Å². The first kappa shape index (κ1) is 18.9. The summed E-state index contributed by atoms with van der Waals surface area (Å²) < 4.78 is 11.5. The largest absolute Gasteiger partial charge is 0.495 e. The molecule has 0 radical (unpaired) electrons. The maximum absolute atomic E-state index is 13.0. The number of hydrogen-bond donors (Lipinski definition) is 1. The minimum Gasteiger partial charge on any atom is -0.495 e. The second kappa shape index (κ2) is 7.87. The molecule has 146 valence electrons. The lowest BCUT2D eigenvalue weighted by atomic mass is 9.89. The van der Waals surface area contributed by atoms with E-state index in [4.69, 9.17) is 9.47 Å². The van der Waals surface area contributed by atoms with E-state index in [9.17, 15) is 4.79 Å². The highest BCUT2D eigenvalue weighted by Gasteiger charge is 2.27. The number of benzene rings is 2. The third-order valence-electron chi connectivity index (χ3n) is 5.54. The average molecular weight is 443 g/mol. The van der Waals surface area contributed by atoms with Gasteiger partial charge >= 0.3 is 0 Å². The summed E-state index contributed by atoms with van der Waals surface area (Å²) in [7, 11) is 3.17. The Hall–Kier alpha value is -2.47. The fraction of sp³-hybridized carbons (Fsp3) is 0.318. The van der Waals surface area contributed by atoms with Crippen molar-refractivity contribution in [3.63, 3.8) is 0 Å². The lowest BCUT2D eigenvalue weighted by molar-refractivity contribution is 0.0712. The number of H-pyrrole nitrogens is 1. The number of carbonyl (C=O) groups is 1. The first-order valence-corrected chi connectivity index (χ1v) is 10.2. The van der Waals surface area contributed by atoms with Gasteiger partial charge in [0.2, 0.25) is 0 Å². The zero-order valence-electron chi connectivity index (χ0n) is 16.0. The van der Waals surface area contributed by atoms with Crippen LogP contribution in [-0.2, 0) is 0 Å². The molecular formula is C22H23BrN2O3. The molecule has 5 nitrogen and oxygen atoms in total. The molecule has 4 rings (SSSR count). The van der Waals surface area contributed by atoms with E-state index in [2.05, 4.69) is 45.3 Å². The summed E-state index contributed by atoms with van der Waals surface area (Å²) in [5.74, 6) is 1.67. The minimum absolute atomic E-state index is 0.0153. The molecule has 6 heteroatoms. The number of nitrogens with one attached hydrogen (secondary N) is 1. The van der Waals surface area contributed by atoms with Crippen LogP contribution in [0.1, 0.15) is 34.7 Å². The quantitative estimate of drug-likeness (QED) is 0.620. The Morgan fingerprint density at radius 2 is 1.75 bits per heavy atom. The summed E-state index contributed by atoms with van der Waals surface area (Å²) >= 11 is 3.45. The van der Waals surface area contributed by atoms with Crippen LogP contribution in [0.15, 0.2) is 47.1 Å². The number of fused-ring (bicyclic) bond motifs is 1. The predicted molar refractivity (Wildman–Crippen MR) is 113 cm³/mol. The number of amides is 1. The Bertz CT molecular complexity index is 981. The van der Waals surface area contributed by atoms with E-state index in [1.54, 1.807) is 26.4 Å². The number of carbonyl (C=O) groups excluding carboxylic acids is 1. The van der Waals surface area contributed by atoms with Crippen molar-refractivity contribution < 1.29 is 14.3 Å². The predicted octanol–water partition coefficient (Wildman–Crippen LogP) is 4.97. The second-order valence-electron chi connectivity index (χ2n) is 7.05. The van der Waals surface area contributed by atoms with Crippen molar-refractivity contribution in [3.05, 3.63) is 58.2 Å². The molecule has 0 aliphatic carbocycles. The molecule has 1 amide bonds. The number of halogens is 1. The fourth-order valence-corrected chi connectivity index (χ4v) is 4.55. The highest BCUT2D eigenvalue weighted by atomic mass is 79.9. The molecule has 1 N–H and O–H groups in total. The van der Waals surface area contributed by atoms with Crippen molar-refractivity contribution in [3.8, 4) is 11.5 Å². The lowest BCUT2D eigenvalue weighted by Gasteiger charge is -2.32. The number of nitrogens with zero attached hydrogens (tertiary/aromatic N) is 1. The number of piperidine rings is 1. The van der Waals surface area contributed by atoms with Gasteiger partial charge in [-0.3, -0.25) is 4.79 Å². The van der Waals surface area contributed by atoms with Crippen LogP contribution >= 0.6 is 15.9 Å². The van der Waals surface area contributed by atoms with Crippen LogP contribution < -0.4 is 9.47 Å². The van der Waals surface area contributed by atoms with Crippen molar-refractivity contribution in [2.45, 2.75) is 18.8 Å². The number of rotatable bonds is 4. The highest BCUT2D eigenvalue weighted by molar-refractivity contribution is 9.10. The first-order valence-electron chi connectivity index (χ1n) is 9.39. The van der Waals surface area contributed by atoms with Crippen molar-refractivity contribution >= 4 is 32.7 Å². The fourth-order valence-electron chi connectivity index (χ4n) is 4.00. The Kier molecular flexibility index (Phi) is 5.31. The van der Waals surface area contributed by atoms with Crippen LogP contribution in [-0.4, -0.2) is 43.1 Å². The monoisotopic (exact) mass is 442 g/mol. The molecule has 0 saturated carbocycles. The molecule has 1 aliphatic rings. The first-order chi connectivity index (χ1) is 13.6. The molecule has 1 aliphatic heterocycles. The number of likely N-dealkylation sites (tertiary alicyclic amines) is 1. The van der Waals surface area contributed by atoms with Gasteiger partial charge in [0.1, 0.15) is 16.0 Å². The molecule has 2 aromatic carbocycles. The zero-order valence-corrected chi connectivity index (χ0v) is 17.6. The topological polar surface area (TPSA) is 54.6 Å². The van der Waals surface area contributed by atoms with E-state index in [0.29, 0.717) is 27.5 Å². The number of ether oxygens (including phenoxy) is 2. The van der Waals surface area contributed by atoms with Crippen molar-refractivity contribution in [2.24, 2.45) is 0 Å². The second-order valence-corrected chi connectivity index (χ2v) is 7.84. The molecule has 0 unspecified atom stereocenters. The standard InChI is InChI=1S/C22H23BrN2O3/c1-27-19-11-15(12-20(28-2)21(19)23)22(26)25-9-7-14(8-10-25)17-13-24-18-6-4-3-5-16(17)18/h3-6,11-14,24H,7-10H2,1-2H3. The van der Waals surface area contributed by atoms with Gasteiger partial charge in [0, 0.05) is 35.8 Å². The van der Waals surface area contributed by atoms with E-state index in [-0.39, 0.29) is 5.91 Å². The lowest BCUT2D eigenvalue weighted by Crippen LogP contribution is -2.37. The average Bonchev–Trinajstić information content (AvgIpc) is 3.17. The normalized spacial score (nSPS) is 15.0. The molecule has 0 bridgehead atoms. The van der Waals surface area contributed by atoms with E-state index in [0.717, 1.165) is 25.9 Å². The van der Waals surface area contributed by atoms with Gasteiger partial charge in [0.25, 0.3) is 5.91 Å². The van der Waals surface area contributed by atoms with Crippen LogP contribution in [0.4, 0.5) is 0 Å². The molecule has 2 heterocycles. The van der Waals surface area contributed by atoms with Gasteiger partial charge in [0.05, 0.1) is 14.2 Å². The smallest absolute Gasteiger partial charge is 0.254 e. The minimum atomic E-state index is 0.0153. The highest BCUT2D eigenvalue weighted by Crippen LogP contribution is 2.37. The maximum Gasteiger partial charge on any atom is 0.254 e. The number of aromatic amines is 1. The number of aromatic nitrogens is 1. The van der Waals surface area contributed by atoms with Gasteiger partial charge in [-0.25, -0.2) is 0 Å². The number of methoxy groups -OCH3 is 2. The molecule has 3 aromatic rings. The SMILES string of the molecule is COc1cc(C(=O)N2CCC(c3c[nH]c4ccccc34)CC2)cc(OC)c1Br. The van der Waals surface area contributed by atoms with Gasteiger partial charge in [-0.15, -0.1) is 0 Å². The Morgan fingerprint density at radius 1 is 1.11 bits per heavy atom. The Morgan fingerprint density at radius 3 is 2.39 bits per heavy atom. The Balaban J connectivity index is 1.50. The van der Waals surface area contributed by atoms with E-state index in [1.165, 1.54) is 16.5 Å². The van der Waals surface area contributed by atoms with Gasteiger partial charge < -0.3 is 19.4 Å². The summed E-state index contributed by atoms with van der Waals surface area (Å²) in [4.78, 5) is 18.3. The third-order valence-corrected chi connectivity index (χ3v) is 6.32. The van der Waals surface area contributed by atoms with Gasteiger partial charge in [0.15, 0.2) is 0 Å². The zero-order chi connectivity index (χ0) is 19.7. The molecule has 1 saturated heterocycles. The van der Waals surface area contributed by atoms with Crippen LogP contribution in [0.5, 0.6) is 11.5 Å². The summed E-state index contributed by atoms with van der Waals surface area (Å²) in [5, 5.41) is 1.29. The van der Waals surface area contributed by atoms with Crippen LogP contribution in [0, 0.1) is 0 Å². The molecule has 1 fully saturated rings. The van der Waals surface area contributed by atoms with E-state index >= 15 is 0 Å². The summed E-state index contributed by atoms with van der Waals surface area (Å²) in [6.07, 6.45) is 4.04. The molecule has 1 aromatic heterocycles. The van der Waals surface area contributed by atoms with Crippen molar-refractivity contribution in [2.75, 3.05) is 27.3 Å². The van der Waals surface area contributed by atoms with E-state index in [1.807, 2.05) is 11.0 Å². The number of para-hydroxylation sites is 1. The van der Waals surface area contributed by atoms with Crippen LogP contribution in [0.2, 0.25) is 0 Å². The van der Waals surface area contributed by atoms with Gasteiger partial charge in [-0.05, 0) is 58.5 Å². The summed E-state index contributed by atoms with van der Waals surface area (Å²) in [6.45, 7) is 1.48. The maximum atomic E-state index is 13.0. The van der Waals surface area contributed by atoms with Crippen LogP contribution in [0.25, 0.3) is 10.9 Å². The van der Waals surface area contributed by atoms with Crippen molar-refractivity contribution in [1.29, 1.82) is 0 Å². The molecular weight excluding hydrogens is 420 g/mol. The summed E-state index contributed by atoms with van der Waals surface area (Å²) in [5.41, 5.74) is 3.11.